The fourth-order valence-electron chi connectivity index (χ4n) is 13.6. The molecule has 4 unspecified atom stereocenters. The third kappa shape index (κ3) is 12.1. The third-order valence-corrected chi connectivity index (χ3v) is 25.9. The Morgan fingerprint density at radius 2 is 0.779 bits per heavy atom. The summed E-state index contributed by atoms with van der Waals surface area (Å²) in [5, 5.41) is 5.26. The standard InChI is InChI=1S/C74H86N2O4S6/c1-11-19-23-45(15-5)36-49-28-31-59(82-49)64-54-39-61(57-30-27-44(10)81-57)85-69(54)65(60-32-29-50(83-60)37-46(16-6)24-20-12-2)55-40-62(86-70(55)64)58-34-33-56(84-58)53-38-52-51(67-68(53)74(80)76(73(67)79)42-48(18-8)26-22-14-4)35-43(9)63-66(52)72(78)75(71(63)77)41-47(17-7)25-21-13-3/h27-35,38-40,45-48H,11-26,36-37,41-42H2,1-10H3. The number of hydrogen-bond donors (Lipinski definition) is 0. The normalized spacial score (nSPS) is 13.7. The van der Waals surface area contributed by atoms with Crippen molar-refractivity contribution in [3.05, 3.63) is 134 Å². The first-order valence-electron chi connectivity index (χ1n) is 32.5. The van der Waals surface area contributed by atoms with Crippen molar-refractivity contribution in [2.75, 3.05) is 0 Å². The maximum absolute atomic E-state index is 15.3. The molecular formula is C74H86N2O4S6. The molecule has 11 aromatic rings. The molecule has 6 nitrogen and oxygen atoms in total. The zero-order valence-electron chi connectivity index (χ0n) is 52.4. The van der Waals surface area contributed by atoms with Gasteiger partial charge in [-0.3, -0.25) is 28.3 Å². The van der Waals surface area contributed by atoms with Crippen molar-refractivity contribution in [1.29, 1.82) is 0 Å². The topological polar surface area (TPSA) is 78.1 Å². The predicted octanol–water partition coefficient (Wildman–Crippen LogP) is 22.6. The Hall–Kier alpha value is -5.08. The van der Waals surface area contributed by atoms with Crippen LogP contribution >= 0.6 is 68.0 Å². The molecule has 8 aromatic heterocycles. The molecule has 11 rings (SSSR count). The molecule has 452 valence electrons. The summed E-state index contributed by atoms with van der Waals surface area (Å²) in [5.41, 5.74) is 2.78. The Kier molecular flexibility index (Phi) is 19.9. The van der Waals surface area contributed by atoms with Gasteiger partial charge < -0.3 is 0 Å². The first-order chi connectivity index (χ1) is 41.8. The molecule has 86 heavy (non-hydrogen) atoms. The summed E-state index contributed by atoms with van der Waals surface area (Å²) >= 11 is 11.3. The van der Waals surface area contributed by atoms with E-state index in [1.54, 1.807) is 11.3 Å². The summed E-state index contributed by atoms with van der Waals surface area (Å²) in [4.78, 5) is 72.6. The second kappa shape index (κ2) is 27.3. The van der Waals surface area contributed by atoms with Gasteiger partial charge >= 0.3 is 0 Å². The summed E-state index contributed by atoms with van der Waals surface area (Å²) in [6.45, 7) is 22.7. The van der Waals surface area contributed by atoms with Gasteiger partial charge in [-0.05, 0) is 152 Å². The Bertz CT molecular complexity index is 4310. The highest BCUT2D eigenvalue weighted by Crippen LogP contribution is 2.55. The van der Waals surface area contributed by atoms with Gasteiger partial charge in [0.1, 0.15) is 0 Å². The van der Waals surface area contributed by atoms with Crippen LogP contribution in [0.1, 0.15) is 178 Å². The maximum Gasteiger partial charge on any atom is 0.262 e. The zero-order valence-corrected chi connectivity index (χ0v) is 57.3. The van der Waals surface area contributed by atoms with Crippen molar-refractivity contribution in [3.8, 4) is 50.8 Å². The van der Waals surface area contributed by atoms with Crippen LogP contribution in [0.5, 0.6) is 0 Å². The Labute approximate surface area is 532 Å². The molecule has 0 saturated heterocycles. The number of unbranched alkanes of at least 4 members (excludes halogenated alkanes) is 4. The molecular weight excluding hydrogens is 1170 g/mol. The molecule has 4 atom stereocenters. The second-order valence-electron chi connectivity index (χ2n) is 24.8. The summed E-state index contributed by atoms with van der Waals surface area (Å²) in [6.07, 6.45) is 19.8. The van der Waals surface area contributed by atoms with Crippen LogP contribution in [0.3, 0.4) is 0 Å². The molecule has 0 amide bonds. The van der Waals surface area contributed by atoms with Gasteiger partial charge in [0.15, 0.2) is 0 Å². The number of hydrogen-bond acceptors (Lipinski definition) is 10. The van der Waals surface area contributed by atoms with Crippen LogP contribution in [0.2, 0.25) is 0 Å². The third-order valence-electron chi connectivity index (χ3n) is 18.9. The van der Waals surface area contributed by atoms with Crippen molar-refractivity contribution in [2.24, 2.45) is 23.7 Å². The number of nitrogens with zero attached hydrogens (tertiary/aromatic N) is 2. The first kappa shape index (κ1) is 62.5. The molecule has 8 heterocycles. The molecule has 0 saturated carbocycles. The summed E-state index contributed by atoms with van der Waals surface area (Å²) in [7, 11) is 0. The number of aromatic nitrogens is 2. The minimum atomic E-state index is -0.310. The van der Waals surface area contributed by atoms with E-state index in [2.05, 4.69) is 123 Å². The van der Waals surface area contributed by atoms with Gasteiger partial charge in [-0.1, -0.05) is 145 Å². The van der Waals surface area contributed by atoms with Gasteiger partial charge in [-0.2, -0.15) is 0 Å². The van der Waals surface area contributed by atoms with E-state index in [9.17, 15) is 9.59 Å². The van der Waals surface area contributed by atoms with Gasteiger partial charge in [0.25, 0.3) is 22.2 Å². The van der Waals surface area contributed by atoms with E-state index >= 15 is 9.59 Å². The molecule has 3 aromatic carbocycles. The van der Waals surface area contributed by atoms with Crippen molar-refractivity contribution < 1.29 is 0 Å². The minimum Gasteiger partial charge on any atom is -0.274 e. The van der Waals surface area contributed by atoms with E-state index in [1.165, 1.54) is 126 Å². The molecule has 0 aliphatic rings. The van der Waals surface area contributed by atoms with E-state index in [4.69, 9.17) is 0 Å². The lowest BCUT2D eigenvalue weighted by atomic mass is 9.94. The van der Waals surface area contributed by atoms with Crippen molar-refractivity contribution in [1.82, 2.24) is 9.13 Å². The second-order valence-corrected chi connectivity index (χ2v) is 31.6. The largest absolute Gasteiger partial charge is 0.274 e. The van der Waals surface area contributed by atoms with Crippen LogP contribution in [0, 0.1) is 37.5 Å². The molecule has 0 radical (unpaired) electrons. The number of thiophene rings is 6. The number of fused-ring (bicyclic) bond motifs is 7. The summed E-state index contributed by atoms with van der Waals surface area (Å²) in [6, 6.07) is 27.3. The maximum atomic E-state index is 15.3. The zero-order chi connectivity index (χ0) is 60.5. The number of aryl methyl sites for hydroxylation is 2. The average molecular weight is 1260 g/mol. The molecule has 0 aliphatic heterocycles. The molecule has 0 N–H and O–H groups in total. The Morgan fingerprint density at radius 1 is 0.372 bits per heavy atom. The molecule has 0 aliphatic carbocycles. The van der Waals surface area contributed by atoms with Crippen LogP contribution in [0.25, 0.3) is 103 Å². The minimum absolute atomic E-state index is 0.169. The predicted molar refractivity (Wildman–Crippen MR) is 382 cm³/mol. The lowest BCUT2D eigenvalue weighted by molar-refractivity contribution is 0.384. The monoisotopic (exact) mass is 1260 g/mol. The van der Waals surface area contributed by atoms with E-state index in [0.29, 0.717) is 68.4 Å². The lowest BCUT2D eigenvalue weighted by Gasteiger charge is -2.13. The van der Waals surface area contributed by atoms with Crippen LogP contribution in [0.15, 0.2) is 92.0 Å². The first-order valence-corrected chi connectivity index (χ1v) is 37.4. The quantitative estimate of drug-likeness (QED) is 0.0468. The fourth-order valence-corrected chi connectivity index (χ4v) is 20.6. The van der Waals surface area contributed by atoms with E-state index in [0.717, 1.165) is 78.8 Å². The molecule has 0 fully saturated rings. The lowest BCUT2D eigenvalue weighted by Crippen LogP contribution is -2.29. The molecule has 12 heteroatoms. The molecule has 0 spiro atoms. The van der Waals surface area contributed by atoms with Crippen LogP contribution in [0.4, 0.5) is 0 Å². The average Bonchev–Trinajstić information content (AvgIpc) is 1.55. The summed E-state index contributed by atoms with van der Waals surface area (Å²) in [5.74, 6) is 1.69. The number of rotatable bonds is 29. The van der Waals surface area contributed by atoms with Gasteiger partial charge in [-0.25, -0.2) is 0 Å². The summed E-state index contributed by atoms with van der Waals surface area (Å²) < 4.78 is 5.58. The van der Waals surface area contributed by atoms with Gasteiger partial charge in [-0.15, -0.1) is 68.0 Å². The van der Waals surface area contributed by atoms with Gasteiger partial charge in [0.05, 0.1) is 21.5 Å². The highest BCUT2D eigenvalue weighted by molar-refractivity contribution is 7.29. The molecule has 0 bridgehead atoms. The number of benzene rings is 3. The van der Waals surface area contributed by atoms with Gasteiger partial charge in [0, 0.05) is 98.7 Å². The van der Waals surface area contributed by atoms with Crippen LogP contribution < -0.4 is 22.2 Å². The van der Waals surface area contributed by atoms with Crippen molar-refractivity contribution in [3.63, 3.8) is 0 Å². The Morgan fingerprint density at radius 3 is 1.24 bits per heavy atom. The van der Waals surface area contributed by atoms with E-state index < -0.39 is 0 Å². The Balaban J connectivity index is 1.13. The van der Waals surface area contributed by atoms with Crippen LogP contribution in [-0.4, -0.2) is 9.13 Å². The van der Waals surface area contributed by atoms with Crippen molar-refractivity contribution in [2.45, 2.75) is 198 Å². The smallest absolute Gasteiger partial charge is 0.262 e. The van der Waals surface area contributed by atoms with E-state index in [-0.39, 0.29) is 34.1 Å². The highest BCUT2D eigenvalue weighted by atomic mass is 32.1. The highest BCUT2D eigenvalue weighted by Gasteiger charge is 2.30. The van der Waals surface area contributed by atoms with E-state index in [1.807, 2.05) is 75.7 Å². The fraction of sp³-hybridized carbons (Fsp3) is 0.459. The SMILES string of the molecule is CCCCC(CC)Cc1ccc(-c2c3cc(-c4ccc(-c5cc6c(cc(C)c7c(=O)n(CC(CC)CCCC)c(=O)c76)c6c(=O)n(CC(CC)CCCC)c(=O)c56)s4)sc3c(-c3ccc(CC(CC)CCCC)s3)c3cc(-c4ccc(C)s4)sc23)s1. The van der Waals surface area contributed by atoms with Crippen molar-refractivity contribution >= 4 is 121 Å². The van der Waals surface area contributed by atoms with Gasteiger partial charge in [0.2, 0.25) is 0 Å². The van der Waals surface area contributed by atoms with Crippen LogP contribution in [-0.2, 0) is 25.9 Å².